The molecule has 0 N–H and O–H groups in total. The lowest BCUT2D eigenvalue weighted by Crippen LogP contribution is -2.23. The molecule has 0 spiro atoms. The molecule has 1 aliphatic rings. The van der Waals surface area contributed by atoms with Crippen LogP contribution in [0.2, 0.25) is 5.02 Å². The summed E-state index contributed by atoms with van der Waals surface area (Å²) in [4.78, 5) is 22.2. The van der Waals surface area contributed by atoms with Gasteiger partial charge in [0.15, 0.2) is 0 Å². The Hall–Kier alpha value is -2.31. The molecule has 3 aromatic rings. The van der Waals surface area contributed by atoms with Gasteiger partial charge in [0.2, 0.25) is 5.91 Å². The fraction of sp³-hybridized carbons (Fsp3) is 0.286. The monoisotopic (exact) mass is 418 g/mol. The number of amides is 1. The molecule has 0 radical (unpaired) electrons. The summed E-state index contributed by atoms with van der Waals surface area (Å²) in [6.45, 7) is -2.40. The van der Waals surface area contributed by atoms with Gasteiger partial charge in [-0.25, -0.2) is 9.97 Å². The van der Waals surface area contributed by atoms with Crippen LogP contribution in [-0.2, 0) is 11.8 Å². The van der Waals surface area contributed by atoms with Gasteiger partial charge in [0.25, 0.3) is 0 Å². The minimum atomic E-state index is -2.40. The molecule has 28 heavy (non-hydrogen) atoms. The number of carbonyl (C=O) groups is 1. The van der Waals surface area contributed by atoms with Crippen LogP contribution in [0.1, 0.15) is 22.0 Å². The Labute approximate surface area is 178 Å². The van der Waals surface area contributed by atoms with E-state index in [9.17, 15) is 4.79 Å². The third kappa shape index (κ3) is 3.80. The van der Waals surface area contributed by atoms with Gasteiger partial charge in [-0.2, -0.15) is 0 Å². The minimum Gasteiger partial charge on any atom is -0.349 e. The molecule has 144 valence electrons. The van der Waals surface area contributed by atoms with Gasteiger partial charge in [-0.15, -0.1) is 0 Å². The van der Waals surface area contributed by atoms with Gasteiger partial charge in [-0.1, -0.05) is 35.9 Å². The third-order valence-electron chi connectivity index (χ3n) is 4.83. The molecule has 2 atom stereocenters. The number of carbonyl (C=O) groups excluding carboxylic acids is 1. The fourth-order valence-electron chi connectivity index (χ4n) is 3.23. The standard InChI is InChI=1S/C21H21ClN4OS/c1-25(2)20(27)17-10-16(17)13-4-6-14(7-5-13)19-21(26(3)12-24-19)28-18-9-8-15(22)11-23-18/h4-9,11-12,16-17H,10H2,1-3H3/t16-,17+/m1/s1/i1T3. The van der Waals surface area contributed by atoms with E-state index in [1.165, 1.54) is 18.8 Å². The van der Waals surface area contributed by atoms with Gasteiger partial charge in [-0.3, -0.25) is 4.79 Å². The summed E-state index contributed by atoms with van der Waals surface area (Å²) in [6, 6.07) is 11.6. The van der Waals surface area contributed by atoms with Crippen LogP contribution in [0.3, 0.4) is 0 Å². The largest absolute Gasteiger partial charge is 0.349 e. The molecule has 1 aliphatic carbocycles. The van der Waals surface area contributed by atoms with Crippen molar-refractivity contribution in [2.75, 3.05) is 14.0 Å². The van der Waals surface area contributed by atoms with Crippen LogP contribution in [0.5, 0.6) is 0 Å². The summed E-state index contributed by atoms with van der Waals surface area (Å²) in [5.41, 5.74) is 2.84. The Morgan fingerprint density at radius 2 is 2.07 bits per heavy atom. The fourth-order valence-corrected chi connectivity index (χ4v) is 4.24. The van der Waals surface area contributed by atoms with E-state index in [0.29, 0.717) is 11.4 Å². The third-order valence-corrected chi connectivity index (χ3v) is 6.18. The first kappa shape index (κ1) is 15.6. The van der Waals surface area contributed by atoms with Crippen molar-refractivity contribution in [3.8, 4) is 11.3 Å². The van der Waals surface area contributed by atoms with Crippen molar-refractivity contribution in [2.45, 2.75) is 22.4 Å². The van der Waals surface area contributed by atoms with E-state index in [2.05, 4.69) is 9.97 Å². The van der Waals surface area contributed by atoms with Crippen LogP contribution in [0.15, 0.2) is 59.0 Å². The van der Waals surface area contributed by atoms with E-state index >= 15 is 0 Å². The van der Waals surface area contributed by atoms with E-state index in [1.807, 2.05) is 41.9 Å². The number of pyridine rings is 1. The predicted molar refractivity (Wildman–Crippen MR) is 112 cm³/mol. The second kappa shape index (κ2) is 7.60. The molecular formula is C21H21ClN4OS. The first-order valence-corrected chi connectivity index (χ1v) is 10.0. The van der Waals surface area contributed by atoms with Crippen molar-refractivity contribution in [1.29, 1.82) is 0 Å². The van der Waals surface area contributed by atoms with Gasteiger partial charge >= 0.3 is 0 Å². The molecule has 5 nitrogen and oxygen atoms in total. The van der Waals surface area contributed by atoms with Gasteiger partial charge in [0.05, 0.1) is 11.3 Å². The summed E-state index contributed by atoms with van der Waals surface area (Å²) < 4.78 is 24.2. The molecule has 0 bridgehead atoms. The number of halogens is 1. The van der Waals surface area contributed by atoms with Crippen molar-refractivity contribution >= 4 is 29.3 Å². The van der Waals surface area contributed by atoms with Crippen molar-refractivity contribution in [1.82, 2.24) is 19.4 Å². The van der Waals surface area contributed by atoms with Crippen molar-refractivity contribution in [3.63, 3.8) is 0 Å². The van der Waals surface area contributed by atoms with Crippen LogP contribution >= 0.6 is 23.4 Å². The highest BCUT2D eigenvalue weighted by molar-refractivity contribution is 7.99. The van der Waals surface area contributed by atoms with Gasteiger partial charge in [0.1, 0.15) is 15.7 Å². The zero-order chi connectivity index (χ0) is 22.3. The Morgan fingerprint density at radius 1 is 1.29 bits per heavy atom. The number of benzene rings is 1. The van der Waals surface area contributed by atoms with Crippen LogP contribution in [-0.4, -0.2) is 39.4 Å². The van der Waals surface area contributed by atoms with Crippen LogP contribution < -0.4 is 0 Å². The maximum Gasteiger partial charge on any atom is 0.225 e. The zero-order valence-corrected chi connectivity index (χ0v) is 17.0. The average Bonchev–Trinajstić information content (AvgIpc) is 3.46. The molecule has 1 aromatic carbocycles. The summed E-state index contributed by atoms with van der Waals surface area (Å²) >= 11 is 7.44. The number of aromatic nitrogens is 3. The summed E-state index contributed by atoms with van der Waals surface area (Å²) in [6.07, 6.45) is 4.05. The molecule has 4 rings (SSSR count). The number of rotatable bonds is 5. The Balaban J connectivity index is 1.50. The molecule has 2 heterocycles. The molecular weight excluding hydrogens is 392 g/mol. The lowest BCUT2D eigenvalue weighted by Gasteiger charge is -2.10. The summed E-state index contributed by atoms with van der Waals surface area (Å²) in [7, 11) is 3.27. The first-order valence-electron chi connectivity index (χ1n) is 10.3. The molecule has 0 saturated heterocycles. The topological polar surface area (TPSA) is 51.0 Å². The van der Waals surface area contributed by atoms with Gasteiger partial charge in [-0.05, 0) is 41.8 Å². The van der Waals surface area contributed by atoms with E-state index in [4.69, 9.17) is 15.7 Å². The van der Waals surface area contributed by atoms with Crippen LogP contribution in [0.25, 0.3) is 11.3 Å². The number of nitrogens with zero attached hydrogens (tertiary/aromatic N) is 4. The van der Waals surface area contributed by atoms with Gasteiger partial charge < -0.3 is 9.47 Å². The van der Waals surface area contributed by atoms with E-state index in [0.717, 1.165) is 31.8 Å². The Bertz CT molecular complexity index is 1100. The van der Waals surface area contributed by atoms with E-state index < -0.39 is 6.98 Å². The highest BCUT2D eigenvalue weighted by Gasteiger charge is 2.44. The van der Waals surface area contributed by atoms with Crippen molar-refractivity contribution < 1.29 is 8.91 Å². The number of imidazole rings is 1. The molecule has 2 aromatic heterocycles. The average molecular weight is 419 g/mol. The quantitative estimate of drug-likeness (QED) is 0.613. The molecule has 0 aliphatic heterocycles. The molecule has 1 amide bonds. The van der Waals surface area contributed by atoms with Crippen molar-refractivity contribution in [3.05, 3.63) is 59.5 Å². The predicted octanol–water partition coefficient (Wildman–Crippen LogP) is 4.48. The molecule has 7 heteroatoms. The first-order chi connectivity index (χ1) is 14.6. The second-order valence-electron chi connectivity index (χ2n) is 6.89. The SMILES string of the molecule is [3H]C([3H])([3H])N(C)C(=O)[C@H]1C[C@@H]1c1ccc(-c2ncn(C)c2Sc2ccc(Cl)cn2)cc1. The lowest BCUT2D eigenvalue weighted by atomic mass is 10.0. The summed E-state index contributed by atoms with van der Waals surface area (Å²) in [5, 5.41) is 2.37. The normalized spacial score (nSPS) is 20.2. The maximum atomic E-state index is 12.4. The second-order valence-corrected chi connectivity index (χ2v) is 8.34. The Morgan fingerprint density at radius 3 is 2.75 bits per heavy atom. The molecule has 0 unspecified atom stereocenters. The van der Waals surface area contributed by atoms with Crippen molar-refractivity contribution in [2.24, 2.45) is 13.0 Å². The van der Waals surface area contributed by atoms with E-state index in [1.54, 1.807) is 18.6 Å². The number of aryl methyl sites for hydroxylation is 1. The zero-order valence-electron chi connectivity index (χ0n) is 18.5. The number of hydrogen-bond acceptors (Lipinski definition) is 4. The highest BCUT2D eigenvalue weighted by Crippen LogP contribution is 2.48. The van der Waals surface area contributed by atoms with Crippen LogP contribution in [0, 0.1) is 5.92 Å². The smallest absolute Gasteiger partial charge is 0.225 e. The highest BCUT2D eigenvalue weighted by atomic mass is 35.5. The maximum absolute atomic E-state index is 12.4. The minimum absolute atomic E-state index is 0.0576. The van der Waals surface area contributed by atoms with Crippen LogP contribution in [0.4, 0.5) is 0 Å². The van der Waals surface area contributed by atoms with Gasteiger partial charge in [0, 0.05) is 42.9 Å². The molecule has 1 fully saturated rings. The molecule has 1 saturated carbocycles. The lowest BCUT2D eigenvalue weighted by molar-refractivity contribution is -0.130. The number of hydrogen-bond donors (Lipinski definition) is 0. The summed E-state index contributed by atoms with van der Waals surface area (Å²) in [5.74, 6) is -0.539. The van der Waals surface area contributed by atoms with E-state index in [-0.39, 0.29) is 17.7 Å². The Kier molecular flexibility index (Phi) is 4.23.